The van der Waals surface area contributed by atoms with Crippen molar-refractivity contribution in [3.8, 4) is 6.07 Å². The van der Waals surface area contributed by atoms with Gasteiger partial charge in [0.05, 0.1) is 22.5 Å². The maximum Gasteiger partial charge on any atom is 0.149 e. The van der Waals surface area contributed by atoms with Crippen LogP contribution >= 0.6 is 0 Å². The van der Waals surface area contributed by atoms with E-state index in [9.17, 15) is 13.7 Å². The summed E-state index contributed by atoms with van der Waals surface area (Å²) in [5, 5.41) is 13.1. The predicted octanol–water partition coefficient (Wildman–Crippen LogP) is 1.95. The highest BCUT2D eigenvalue weighted by molar-refractivity contribution is 7.90. The van der Waals surface area contributed by atoms with E-state index >= 15 is 0 Å². The molecule has 2 rings (SSSR count). The minimum absolute atomic E-state index is 0.00845. The fourth-order valence-corrected chi connectivity index (χ4v) is 3.12. The lowest BCUT2D eigenvalue weighted by Crippen LogP contribution is -2.25. The van der Waals surface area contributed by atoms with E-state index < -0.39 is 9.84 Å². The number of anilines is 1. The van der Waals surface area contributed by atoms with Crippen molar-refractivity contribution in [3.05, 3.63) is 36.0 Å². The third-order valence-corrected chi connectivity index (χ3v) is 3.94. The van der Waals surface area contributed by atoms with Crippen LogP contribution in [0.4, 0.5) is 5.69 Å². The number of rotatable bonds is 4. The summed E-state index contributed by atoms with van der Waals surface area (Å²) < 4.78 is 22.7. The summed E-state index contributed by atoms with van der Waals surface area (Å²) in [5.41, 5.74) is 1.80. The Hall–Kier alpha value is -2.13. The molecule has 0 bridgehead atoms. The first kappa shape index (κ1) is 14.3. The molecule has 104 valence electrons. The van der Waals surface area contributed by atoms with Crippen molar-refractivity contribution in [2.75, 3.05) is 17.3 Å². The molecule has 1 N–H and O–H groups in total. The third-order valence-electron chi connectivity index (χ3n) is 2.84. The van der Waals surface area contributed by atoms with Crippen LogP contribution in [0.2, 0.25) is 0 Å². The van der Waals surface area contributed by atoms with Gasteiger partial charge in [0.2, 0.25) is 0 Å². The number of sulfone groups is 1. The molecule has 0 saturated heterocycles. The van der Waals surface area contributed by atoms with Gasteiger partial charge in [0, 0.05) is 23.9 Å². The number of hydrogen-bond acceptors (Lipinski definition) is 5. The molecular formula is C14H15N3O2S. The van der Waals surface area contributed by atoms with E-state index in [1.54, 1.807) is 6.92 Å². The second kappa shape index (κ2) is 5.47. The van der Waals surface area contributed by atoms with Crippen molar-refractivity contribution < 1.29 is 8.42 Å². The maximum atomic E-state index is 11.3. The van der Waals surface area contributed by atoms with Crippen LogP contribution in [0.1, 0.15) is 12.5 Å². The van der Waals surface area contributed by atoms with Crippen molar-refractivity contribution in [1.82, 2.24) is 4.98 Å². The van der Waals surface area contributed by atoms with Crippen molar-refractivity contribution in [3.63, 3.8) is 0 Å². The van der Waals surface area contributed by atoms with Gasteiger partial charge in [-0.25, -0.2) is 8.42 Å². The highest BCUT2D eigenvalue weighted by atomic mass is 32.2. The molecule has 0 aliphatic carbocycles. The number of para-hydroxylation sites is 1. The van der Waals surface area contributed by atoms with Crippen molar-refractivity contribution >= 4 is 26.4 Å². The van der Waals surface area contributed by atoms with Gasteiger partial charge in [-0.05, 0) is 13.0 Å². The van der Waals surface area contributed by atoms with Gasteiger partial charge in [0.15, 0.2) is 0 Å². The molecule has 0 saturated carbocycles. The van der Waals surface area contributed by atoms with Gasteiger partial charge in [-0.1, -0.05) is 18.2 Å². The molecule has 0 amide bonds. The summed E-state index contributed by atoms with van der Waals surface area (Å²) in [6, 6.07) is 9.23. The minimum atomic E-state index is -3.08. The van der Waals surface area contributed by atoms with Crippen LogP contribution in [-0.2, 0) is 9.84 Å². The summed E-state index contributed by atoms with van der Waals surface area (Å²) in [6.07, 6.45) is 2.69. The van der Waals surface area contributed by atoms with Gasteiger partial charge in [-0.15, -0.1) is 0 Å². The number of pyridine rings is 1. The molecule has 0 fully saturated rings. The average molecular weight is 289 g/mol. The molecule has 5 nitrogen and oxygen atoms in total. The van der Waals surface area contributed by atoms with Gasteiger partial charge in [-0.3, -0.25) is 4.98 Å². The quantitative estimate of drug-likeness (QED) is 0.930. The highest BCUT2D eigenvalue weighted by Gasteiger charge is 2.14. The monoisotopic (exact) mass is 289 g/mol. The lowest BCUT2D eigenvalue weighted by molar-refractivity contribution is 0.598. The number of aromatic nitrogens is 1. The number of hydrogen-bond donors (Lipinski definition) is 1. The van der Waals surface area contributed by atoms with Gasteiger partial charge < -0.3 is 5.32 Å². The number of nitriles is 1. The fraction of sp³-hybridized carbons (Fsp3) is 0.286. The van der Waals surface area contributed by atoms with E-state index in [4.69, 9.17) is 0 Å². The average Bonchev–Trinajstić information content (AvgIpc) is 2.37. The first-order valence-corrected chi connectivity index (χ1v) is 8.19. The van der Waals surface area contributed by atoms with E-state index in [1.165, 1.54) is 12.5 Å². The Morgan fingerprint density at radius 2 is 2.10 bits per heavy atom. The molecule has 0 spiro atoms. The highest BCUT2D eigenvalue weighted by Crippen LogP contribution is 2.26. The zero-order valence-electron chi connectivity index (χ0n) is 11.3. The Balaban J connectivity index is 2.44. The number of benzene rings is 1. The van der Waals surface area contributed by atoms with Crippen molar-refractivity contribution in [2.45, 2.75) is 13.0 Å². The number of nitrogens with zero attached hydrogens (tertiary/aromatic N) is 2. The molecule has 1 atom stereocenters. The van der Waals surface area contributed by atoms with Crippen LogP contribution < -0.4 is 5.32 Å². The van der Waals surface area contributed by atoms with Gasteiger partial charge in [0.1, 0.15) is 15.9 Å². The van der Waals surface area contributed by atoms with Crippen LogP contribution in [0.3, 0.4) is 0 Å². The zero-order chi connectivity index (χ0) is 14.8. The Bertz CT molecular complexity index is 779. The Morgan fingerprint density at radius 3 is 2.75 bits per heavy atom. The molecule has 0 aliphatic heterocycles. The standard InChI is InChI=1S/C14H15N3O2S/c1-10(9-20(2,18)19)17-14-11(7-15)8-16-13-6-4-3-5-12(13)14/h3-6,8,10H,9H2,1-2H3,(H,16,17). The van der Waals surface area contributed by atoms with Crippen LogP contribution in [-0.4, -0.2) is 31.5 Å². The molecule has 20 heavy (non-hydrogen) atoms. The van der Waals surface area contributed by atoms with Crippen molar-refractivity contribution in [2.24, 2.45) is 0 Å². The molecular weight excluding hydrogens is 274 g/mol. The van der Waals surface area contributed by atoms with Gasteiger partial charge in [0.25, 0.3) is 0 Å². The smallest absolute Gasteiger partial charge is 0.149 e. The molecule has 2 aromatic rings. The second-order valence-corrected chi connectivity index (χ2v) is 7.00. The summed E-state index contributed by atoms with van der Waals surface area (Å²) in [6.45, 7) is 1.78. The summed E-state index contributed by atoms with van der Waals surface area (Å²) in [5.74, 6) is 0.00845. The third kappa shape index (κ3) is 3.25. The van der Waals surface area contributed by atoms with E-state index in [0.717, 1.165) is 10.9 Å². The fourth-order valence-electron chi connectivity index (χ4n) is 2.12. The van der Waals surface area contributed by atoms with Crippen LogP contribution in [0.5, 0.6) is 0 Å². The van der Waals surface area contributed by atoms with Gasteiger partial charge in [-0.2, -0.15) is 5.26 Å². The minimum Gasteiger partial charge on any atom is -0.380 e. The van der Waals surface area contributed by atoms with Crippen LogP contribution in [0, 0.1) is 11.3 Å². The summed E-state index contributed by atoms with van der Waals surface area (Å²) >= 11 is 0. The van der Waals surface area contributed by atoms with E-state index in [0.29, 0.717) is 11.3 Å². The SMILES string of the molecule is CC(CS(C)(=O)=O)Nc1c(C#N)cnc2ccccc12. The predicted molar refractivity (Wildman–Crippen MR) is 79.3 cm³/mol. The lowest BCUT2D eigenvalue weighted by Gasteiger charge is -2.17. The summed E-state index contributed by atoms with van der Waals surface area (Å²) in [7, 11) is -3.08. The summed E-state index contributed by atoms with van der Waals surface area (Å²) in [4.78, 5) is 4.21. The molecule has 1 aromatic heterocycles. The van der Waals surface area contributed by atoms with Crippen LogP contribution in [0.25, 0.3) is 10.9 Å². The Morgan fingerprint density at radius 1 is 1.40 bits per heavy atom. The van der Waals surface area contributed by atoms with Gasteiger partial charge >= 0.3 is 0 Å². The molecule has 1 aromatic carbocycles. The molecule has 6 heteroatoms. The Labute approximate surface area is 118 Å². The van der Waals surface area contributed by atoms with Crippen molar-refractivity contribution in [1.29, 1.82) is 5.26 Å². The first-order valence-electron chi connectivity index (χ1n) is 6.13. The van der Waals surface area contributed by atoms with E-state index in [2.05, 4.69) is 16.4 Å². The first-order chi connectivity index (χ1) is 9.40. The molecule has 0 aliphatic rings. The van der Waals surface area contributed by atoms with E-state index in [-0.39, 0.29) is 11.8 Å². The largest absolute Gasteiger partial charge is 0.380 e. The molecule has 1 unspecified atom stereocenters. The van der Waals surface area contributed by atoms with Crippen LogP contribution in [0.15, 0.2) is 30.5 Å². The topological polar surface area (TPSA) is 82.9 Å². The molecule has 1 heterocycles. The maximum absolute atomic E-state index is 11.3. The second-order valence-electron chi connectivity index (χ2n) is 4.81. The zero-order valence-corrected chi connectivity index (χ0v) is 12.1. The lowest BCUT2D eigenvalue weighted by atomic mass is 10.1. The normalized spacial score (nSPS) is 12.8. The number of fused-ring (bicyclic) bond motifs is 1. The molecule has 0 radical (unpaired) electrons. The Kier molecular flexibility index (Phi) is 3.91. The number of nitrogens with one attached hydrogen (secondary N) is 1. The van der Waals surface area contributed by atoms with E-state index in [1.807, 2.05) is 24.3 Å².